The fourth-order valence-corrected chi connectivity index (χ4v) is 6.32. The zero-order valence-corrected chi connectivity index (χ0v) is 27.2. The molecule has 3 rings (SSSR count). The molecule has 0 aliphatic rings. The van der Waals surface area contributed by atoms with E-state index in [-0.39, 0.29) is 50.2 Å². The molecular formula is C31H36Cl3N3O4S. The van der Waals surface area contributed by atoms with Gasteiger partial charge in [0.1, 0.15) is 6.04 Å². The van der Waals surface area contributed by atoms with Crippen LogP contribution in [-0.4, -0.2) is 50.0 Å². The molecule has 0 spiro atoms. The van der Waals surface area contributed by atoms with Gasteiger partial charge in [-0.15, -0.1) is 0 Å². The number of halogens is 3. The number of hydrogen-bond acceptors (Lipinski definition) is 4. The minimum atomic E-state index is -3.67. The summed E-state index contributed by atoms with van der Waals surface area (Å²) in [5, 5.41) is 4.10. The number of carbonyl (C=O) groups excluding carboxylic acids is 2. The standard InChI is InChI=1S/C31H36Cl3N3O4S/c1-21(2)35-31(39)29(18-23-10-6-5-7-11-23)36(20-25-26(33)12-8-13-27(25)34)30(38)14-9-17-37(42(4,40)41)28-19-24(32)16-15-22(28)3/h5-8,10-13,15-16,19,21,29H,9,14,17-18,20H2,1-4H3,(H,35,39). The van der Waals surface area contributed by atoms with Crippen LogP contribution >= 0.6 is 34.8 Å². The van der Waals surface area contributed by atoms with Gasteiger partial charge in [-0.3, -0.25) is 13.9 Å². The quantitative estimate of drug-likeness (QED) is 0.224. The molecule has 0 aromatic heterocycles. The van der Waals surface area contributed by atoms with Gasteiger partial charge in [-0.1, -0.05) is 77.3 Å². The molecule has 1 N–H and O–H groups in total. The zero-order chi connectivity index (χ0) is 31.0. The first-order valence-electron chi connectivity index (χ1n) is 13.6. The first-order chi connectivity index (χ1) is 19.8. The van der Waals surface area contributed by atoms with Crippen molar-refractivity contribution < 1.29 is 18.0 Å². The Hall–Kier alpha value is -2.78. The molecule has 11 heteroatoms. The van der Waals surface area contributed by atoms with Crippen LogP contribution in [0.5, 0.6) is 0 Å². The van der Waals surface area contributed by atoms with E-state index in [4.69, 9.17) is 34.8 Å². The van der Waals surface area contributed by atoms with Crippen molar-refractivity contribution >= 4 is 62.3 Å². The number of benzene rings is 3. The van der Waals surface area contributed by atoms with Crippen LogP contribution in [0.25, 0.3) is 0 Å². The topological polar surface area (TPSA) is 86.8 Å². The third-order valence-electron chi connectivity index (χ3n) is 6.68. The van der Waals surface area contributed by atoms with Crippen LogP contribution in [0.4, 0.5) is 5.69 Å². The number of anilines is 1. The smallest absolute Gasteiger partial charge is 0.243 e. The Morgan fingerprint density at radius 3 is 2.17 bits per heavy atom. The molecule has 0 bridgehead atoms. The molecule has 226 valence electrons. The molecule has 0 radical (unpaired) electrons. The van der Waals surface area contributed by atoms with Crippen LogP contribution in [0.15, 0.2) is 66.7 Å². The van der Waals surface area contributed by atoms with Gasteiger partial charge in [-0.2, -0.15) is 0 Å². The van der Waals surface area contributed by atoms with Crippen molar-refractivity contribution in [1.82, 2.24) is 10.2 Å². The van der Waals surface area contributed by atoms with Gasteiger partial charge < -0.3 is 10.2 Å². The Kier molecular flexibility index (Phi) is 12.1. The van der Waals surface area contributed by atoms with E-state index in [1.54, 1.807) is 43.3 Å². The van der Waals surface area contributed by atoms with Crippen molar-refractivity contribution in [3.05, 3.63) is 98.5 Å². The number of nitrogens with zero attached hydrogens (tertiary/aromatic N) is 2. The molecule has 0 fully saturated rings. The maximum atomic E-state index is 14.0. The monoisotopic (exact) mass is 651 g/mol. The van der Waals surface area contributed by atoms with E-state index >= 15 is 0 Å². The highest BCUT2D eigenvalue weighted by molar-refractivity contribution is 7.92. The van der Waals surface area contributed by atoms with Gasteiger partial charge in [0.15, 0.2) is 0 Å². The lowest BCUT2D eigenvalue weighted by Crippen LogP contribution is -2.52. The van der Waals surface area contributed by atoms with E-state index in [0.29, 0.717) is 26.3 Å². The number of hydrogen-bond donors (Lipinski definition) is 1. The van der Waals surface area contributed by atoms with E-state index in [2.05, 4.69) is 5.32 Å². The Balaban J connectivity index is 1.94. The molecule has 0 saturated carbocycles. The average Bonchev–Trinajstić information content (AvgIpc) is 2.91. The number of amides is 2. The molecule has 42 heavy (non-hydrogen) atoms. The van der Waals surface area contributed by atoms with Gasteiger partial charge in [0.2, 0.25) is 21.8 Å². The Morgan fingerprint density at radius 2 is 1.57 bits per heavy atom. The van der Waals surface area contributed by atoms with Gasteiger partial charge >= 0.3 is 0 Å². The minimum absolute atomic E-state index is 0.00352. The lowest BCUT2D eigenvalue weighted by atomic mass is 10.0. The highest BCUT2D eigenvalue weighted by atomic mass is 35.5. The minimum Gasteiger partial charge on any atom is -0.352 e. The molecule has 7 nitrogen and oxygen atoms in total. The van der Waals surface area contributed by atoms with Gasteiger partial charge in [-0.25, -0.2) is 8.42 Å². The molecule has 3 aromatic carbocycles. The molecule has 1 unspecified atom stereocenters. The summed E-state index contributed by atoms with van der Waals surface area (Å²) in [6, 6.07) is 18.5. The summed E-state index contributed by atoms with van der Waals surface area (Å²) in [6.45, 7) is 5.56. The van der Waals surface area contributed by atoms with Crippen LogP contribution < -0.4 is 9.62 Å². The van der Waals surface area contributed by atoms with Crippen LogP contribution in [0.2, 0.25) is 15.1 Å². The second-order valence-electron chi connectivity index (χ2n) is 10.5. The summed E-state index contributed by atoms with van der Waals surface area (Å²) in [5.41, 5.74) is 2.59. The van der Waals surface area contributed by atoms with Crippen LogP contribution in [0.3, 0.4) is 0 Å². The van der Waals surface area contributed by atoms with Crippen molar-refractivity contribution in [2.75, 3.05) is 17.1 Å². The number of sulfonamides is 1. The predicted octanol–water partition coefficient (Wildman–Crippen LogP) is 6.67. The summed E-state index contributed by atoms with van der Waals surface area (Å²) in [6.07, 6.45) is 1.57. The third kappa shape index (κ3) is 9.36. The molecule has 3 aromatic rings. The molecule has 0 aliphatic heterocycles. The third-order valence-corrected chi connectivity index (χ3v) is 8.81. The predicted molar refractivity (Wildman–Crippen MR) is 172 cm³/mol. The lowest BCUT2D eigenvalue weighted by molar-refractivity contribution is -0.141. The second kappa shape index (κ2) is 15.1. The van der Waals surface area contributed by atoms with Gasteiger partial charge in [-0.05, 0) is 62.6 Å². The number of nitrogens with one attached hydrogen (secondary N) is 1. The molecule has 2 amide bonds. The summed E-state index contributed by atoms with van der Waals surface area (Å²) in [7, 11) is -3.67. The fourth-order valence-electron chi connectivity index (χ4n) is 4.62. The average molecular weight is 653 g/mol. The molecule has 1 atom stereocenters. The Labute approximate surface area is 263 Å². The van der Waals surface area contributed by atoms with E-state index in [1.807, 2.05) is 44.2 Å². The van der Waals surface area contributed by atoms with Crippen molar-refractivity contribution in [1.29, 1.82) is 0 Å². The first kappa shape index (κ1) is 33.7. The van der Waals surface area contributed by atoms with Crippen molar-refractivity contribution in [2.24, 2.45) is 0 Å². The summed E-state index contributed by atoms with van der Waals surface area (Å²) in [4.78, 5) is 29.0. The molecule has 0 aliphatic carbocycles. The van der Waals surface area contributed by atoms with Gasteiger partial charge in [0, 0.05) is 52.6 Å². The summed E-state index contributed by atoms with van der Waals surface area (Å²) >= 11 is 19.1. The van der Waals surface area contributed by atoms with E-state index < -0.39 is 16.1 Å². The second-order valence-corrected chi connectivity index (χ2v) is 13.6. The Morgan fingerprint density at radius 1 is 0.929 bits per heavy atom. The van der Waals surface area contributed by atoms with E-state index in [9.17, 15) is 18.0 Å². The largest absolute Gasteiger partial charge is 0.352 e. The molecular weight excluding hydrogens is 617 g/mol. The highest BCUT2D eigenvalue weighted by Crippen LogP contribution is 2.29. The van der Waals surface area contributed by atoms with Crippen molar-refractivity contribution in [3.8, 4) is 0 Å². The van der Waals surface area contributed by atoms with E-state index in [0.717, 1.165) is 17.4 Å². The number of carbonyl (C=O) groups is 2. The van der Waals surface area contributed by atoms with Crippen LogP contribution in [0, 0.1) is 6.92 Å². The number of aryl methyl sites for hydroxylation is 1. The van der Waals surface area contributed by atoms with Gasteiger partial charge in [0.25, 0.3) is 0 Å². The van der Waals surface area contributed by atoms with Crippen molar-refractivity contribution in [3.63, 3.8) is 0 Å². The summed E-state index contributed by atoms with van der Waals surface area (Å²) < 4.78 is 26.7. The zero-order valence-electron chi connectivity index (χ0n) is 24.1. The summed E-state index contributed by atoms with van der Waals surface area (Å²) in [5.74, 6) is -0.639. The molecule has 0 heterocycles. The van der Waals surface area contributed by atoms with E-state index in [1.165, 1.54) is 9.21 Å². The molecule has 0 saturated heterocycles. The first-order valence-corrected chi connectivity index (χ1v) is 16.6. The highest BCUT2D eigenvalue weighted by Gasteiger charge is 2.32. The SMILES string of the molecule is Cc1ccc(Cl)cc1N(CCCC(=O)N(Cc1c(Cl)cccc1Cl)C(Cc1ccccc1)C(=O)NC(C)C)S(C)(=O)=O. The normalized spacial score (nSPS) is 12.2. The van der Waals surface area contributed by atoms with Gasteiger partial charge in [0.05, 0.1) is 11.9 Å². The fraction of sp³-hybridized carbons (Fsp3) is 0.355. The number of rotatable bonds is 13. The van der Waals surface area contributed by atoms with Crippen molar-refractivity contribution in [2.45, 2.75) is 58.7 Å². The van der Waals surface area contributed by atoms with Crippen LogP contribution in [0.1, 0.15) is 43.4 Å². The lowest BCUT2D eigenvalue weighted by Gasteiger charge is -2.33. The Bertz CT molecular complexity index is 1480. The van der Waals surface area contributed by atoms with Crippen LogP contribution in [-0.2, 0) is 32.6 Å². The maximum absolute atomic E-state index is 14.0. The maximum Gasteiger partial charge on any atom is 0.243 e.